The minimum atomic E-state index is -4.44. The van der Waals surface area contributed by atoms with Gasteiger partial charge in [0.05, 0.1) is 6.10 Å². The van der Waals surface area contributed by atoms with Crippen molar-refractivity contribution < 1.29 is 48.6 Å². The van der Waals surface area contributed by atoms with Gasteiger partial charge in [0, 0.05) is 18.8 Å². The van der Waals surface area contributed by atoms with E-state index >= 15 is 8.78 Å². The van der Waals surface area contributed by atoms with Crippen LogP contribution >= 0.6 is 0 Å². The van der Waals surface area contributed by atoms with Crippen LogP contribution in [-0.2, 0) is 4.74 Å². The second-order valence-electron chi connectivity index (χ2n) is 11.4. The van der Waals surface area contributed by atoms with Gasteiger partial charge in [0.2, 0.25) is 0 Å². The van der Waals surface area contributed by atoms with Crippen LogP contribution in [0, 0.1) is 29.6 Å². The molecule has 4 rings (SSSR count). The maximum atomic E-state index is 15.1. The van der Waals surface area contributed by atoms with Gasteiger partial charge in [-0.3, -0.25) is 0 Å². The van der Waals surface area contributed by atoms with E-state index in [1.165, 1.54) is 0 Å². The van der Waals surface area contributed by atoms with Crippen LogP contribution < -0.4 is 0 Å². The van der Waals surface area contributed by atoms with Gasteiger partial charge in [-0.05, 0) is 69.1 Å². The van der Waals surface area contributed by atoms with E-state index < -0.39 is 105 Å². The third-order valence-corrected chi connectivity index (χ3v) is 9.02. The standard InChI is InChI=1S/C25H34F10O/c26-14-3-1-11(2-4-14)12-5-16(27)22(17(28)6-12)13-7-18(29)23(19(30)8-13)25(34,35)36-15-9-20(31)24(33)21(32)10-15/h11-24H,1-10H2. The molecule has 4 saturated carbocycles. The normalized spacial score (nSPS) is 51.2. The molecule has 210 valence electrons. The van der Waals surface area contributed by atoms with Gasteiger partial charge in [-0.1, -0.05) is 0 Å². The lowest BCUT2D eigenvalue weighted by molar-refractivity contribution is -0.323. The van der Waals surface area contributed by atoms with Crippen molar-refractivity contribution in [2.75, 3.05) is 0 Å². The average Bonchev–Trinajstić information content (AvgIpc) is 2.76. The Bertz CT molecular complexity index is 683. The van der Waals surface area contributed by atoms with E-state index in [-0.39, 0.29) is 24.7 Å². The van der Waals surface area contributed by atoms with E-state index in [9.17, 15) is 35.1 Å². The molecule has 0 N–H and O–H groups in total. The molecule has 6 unspecified atom stereocenters. The number of ether oxygens (including phenoxy) is 1. The molecule has 6 atom stereocenters. The summed E-state index contributed by atoms with van der Waals surface area (Å²) in [7, 11) is 0. The first-order chi connectivity index (χ1) is 16.9. The fraction of sp³-hybridized carbons (Fsp3) is 1.00. The third kappa shape index (κ3) is 5.95. The van der Waals surface area contributed by atoms with E-state index in [1.807, 2.05) is 0 Å². The lowest BCUT2D eigenvalue weighted by Crippen LogP contribution is -2.53. The van der Waals surface area contributed by atoms with Gasteiger partial charge >= 0.3 is 6.11 Å². The van der Waals surface area contributed by atoms with E-state index in [0.29, 0.717) is 25.7 Å². The van der Waals surface area contributed by atoms with Gasteiger partial charge in [0.15, 0.2) is 6.17 Å². The summed E-state index contributed by atoms with van der Waals surface area (Å²) >= 11 is 0. The molecule has 11 heteroatoms. The van der Waals surface area contributed by atoms with Gasteiger partial charge in [-0.25, -0.2) is 35.1 Å². The lowest BCUT2D eigenvalue weighted by Gasteiger charge is -2.46. The Balaban J connectivity index is 1.36. The first kappa shape index (κ1) is 28.3. The maximum Gasteiger partial charge on any atom is 0.364 e. The summed E-state index contributed by atoms with van der Waals surface area (Å²) in [4.78, 5) is 0. The van der Waals surface area contributed by atoms with Gasteiger partial charge in [0.25, 0.3) is 0 Å². The Morgan fingerprint density at radius 2 is 0.972 bits per heavy atom. The van der Waals surface area contributed by atoms with Crippen LogP contribution in [0.4, 0.5) is 43.9 Å². The van der Waals surface area contributed by atoms with Gasteiger partial charge in [-0.15, -0.1) is 0 Å². The van der Waals surface area contributed by atoms with Crippen LogP contribution in [0.1, 0.15) is 64.2 Å². The molecule has 4 aliphatic rings. The lowest BCUT2D eigenvalue weighted by atomic mass is 9.63. The molecule has 4 aliphatic carbocycles. The van der Waals surface area contributed by atoms with Crippen LogP contribution in [0.5, 0.6) is 0 Å². The molecule has 4 fully saturated rings. The van der Waals surface area contributed by atoms with Crippen LogP contribution in [0.15, 0.2) is 0 Å². The van der Waals surface area contributed by atoms with Crippen molar-refractivity contribution in [3.8, 4) is 0 Å². The summed E-state index contributed by atoms with van der Waals surface area (Å²) in [5.74, 6) is -5.37. The second-order valence-corrected chi connectivity index (χ2v) is 11.4. The predicted octanol–water partition coefficient (Wildman–Crippen LogP) is 7.71. The van der Waals surface area contributed by atoms with Gasteiger partial charge < -0.3 is 4.74 Å². The highest BCUT2D eigenvalue weighted by atomic mass is 19.3. The molecule has 0 saturated heterocycles. The van der Waals surface area contributed by atoms with E-state index in [2.05, 4.69) is 4.74 Å². The zero-order valence-corrected chi connectivity index (χ0v) is 19.8. The summed E-state index contributed by atoms with van der Waals surface area (Å²) in [5.41, 5.74) is 0. The molecule has 0 amide bonds. The van der Waals surface area contributed by atoms with Crippen LogP contribution in [0.3, 0.4) is 0 Å². The van der Waals surface area contributed by atoms with Crippen molar-refractivity contribution in [1.82, 2.24) is 0 Å². The fourth-order valence-electron chi connectivity index (χ4n) is 7.15. The highest BCUT2D eigenvalue weighted by molar-refractivity contribution is 5.00. The molecule has 0 aromatic rings. The molecule has 36 heavy (non-hydrogen) atoms. The topological polar surface area (TPSA) is 9.23 Å². The number of alkyl halides is 10. The molecular weight excluding hydrogens is 506 g/mol. The van der Waals surface area contributed by atoms with Crippen molar-refractivity contribution in [3.05, 3.63) is 0 Å². The predicted molar refractivity (Wildman–Crippen MR) is 113 cm³/mol. The zero-order chi connectivity index (χ0) is 26.4. The number of hydrogen-bond acceptors (Lipinski definition) is 1. The SMILES string of the molecule is FC1CCC(C2CC(F)C(C3CC(F)C(C(F)(F)OC4CC(F)C(F)C(F)C4)C(F)C3)C(F)C2)CC1. The van der Waals surface area contributed by atoms with Crippen molar-refractivity contribution in [2.45, 2.75) is 126 Å². The van der Waals surface area contributed by atoms with E-state index in [4.69, 9.17) is 0 Å². The largest absolute Gasteiger partial charge is 0.364 e. The van der Waals surface area contributed by atoms with Crippen molar-refractivity contribution >= 4 is 0 Å². The number of rotatable bonds is 5. The van der Waals surface area contributed by atoms with Crippen molar-refractivity contribution in [3.63, 3.8) is 0 Å². The first-order valence-corrected chi connectivity index (χ1v) is 13.1. The monoisotopic (exact) mass is 540 g/mol. The Kier molecular flexibility index (Phi) is 8.77. The van der Waals surface area contributed by atoms with Crippen LogP contribution in [-0.4, -0.2) is 61.6 Å². The van der Waals surface area contributed by atoms with Crippen molar-refractivity contribution in [2.24, 2.45) is 29.6 Å². The Morgan fingerprint density at radius 1 is 0.500 bits per heavy atom. The molecule has 1 nitrogen and oxygen atoms in total. The molecular formula is C25H34F10O. The van der Waals surface area contributed by atoms with Crippen LogP contribution in [0.2, 0.25) is 0 Å². The summed E-state index contributed by atoms with van der Waals surface area (Å²) in [6.45, 7) is 0. The maximum absolute atomic E-state index is 15.1. The zero-order valence-electron chi connectivity index (χ0n) is 19.8. The number of halogens is 10. The average molecular weight is 541 g/mol. The summed E-state index contributed by atoms with van der Waals surface area (Å²) in [6, 6.07) is 0. The van der Waals surface area contributed by atoms with Gasteiger partial charge in [0.1, 0.15) is 49.1 Å². The Morgan fingerprint density at radius 3 is 1.47 bits per heavy atom. The summed E-state index contributed by atoms with van der Waals surface area (Å²) in [5, 5.41) is 0. The molecule has 0 aromatic heterocycles. The Hall–Kier alpha value is -0.740. The fourth-order valence-corrected chi connectivity index (χ4v) is 7.15. The first-order valence-electron chi connectivity index (χ1n) is 13.1. The smallest absolute Gasteiger partial charge is 0.317 e. The summed E-state index contributed by atoms with van der Waals surface area (Å²) < 4.78 is 148. The molecule has 0 aliphatic heterocycles. The Labute approximate surface area is 204 Å². The van der Waals surface area contributed by atoms with E-state index in [0.717, 1.165) is 0 Å². The highest BCUT2D eigenvalue weighted by Crippen LogP contribution is 2.51. The quantitative estimate of drug-likeness (QED) is 0.325. The van der Waals surface area contributed by atoms with E-state index in [1.54, 1.807) is 0 Å². The van der Waals surface area contributed by atoms with Crippen molar-refractivity contribution in [1.29, 1.82) is 0 Å². The van der Waals surface area contributed by atoms with Crippen LogP contribution in [0.25, 0.3) is 0 Å². The molecule has 0 spiro atoms. The molecule has 0 heterocycles. The molecule has 0 aromatic carbocycles. The highest BCUT2D eigenvalue weighted by Gasteiger charge is 2.58. The molecule has 0 radical (unpaired) electrons. The minimum Gasteiger partial charge on any atom is -0.317 e. The molecule has 0 bridgehead atoms. The summed E-state index contributed by atoms with van der Waals surface area (Å²) in [6.07, 6.45) is -24.1. The number of hydrogen-bond donors (Lipinski definition) is 0. The van der Waals surface area contributed by atoms with Gasteiger partial charge in [-0.2, -0.15) is 8.78 Å². The minimum absolute atomic E-state index is 0.00809. The second kappa shape index (κ2) is 11.2. The third-order valence-electron chi connectivity index (χ3n) is 9.02.